The third kappa shape index (κ3) is 2.68. The van der Waals surface area contributed by atoms with Gasteiger partial charge in [-0.25, -0.2) is 0 Å². The molecule has 1 amide bonds. The molecule has 1 N–H and O–H groups in total. The largest absolute Gasteiger partial charge is 0.357 e. The van der Waals surface area contributed by atoms with E-state index < -0.39 is 0 Å². The summed E-state index contributed by atoms with van der Waals surface area (Å²) in [6, 6.07) is 23.6. The number of nitrogens with zero attached hydrogens (tertiary/aromatic N) is 1. The van der Waals surface area contributed by atoms with E-state index >= 15 is 0 Å². The summed E-state index contributed by atoms with van der Waals surface area (Å²) in [5.41, 5.74) is 7.36. The molecule has 4 heteroatoms. The second kappa shape index (κ2) is 6.67. The Morgan fingerprint density at radius 1 is 0.871 bits per heavy atom. The number of nitrogens with one attached hydrogen (secondary N) is 1. The summed E-state index contributed by atoms with van der Waals surface area (Å²) < 4.78 is 0. The van der Waals surface area contributed by atoms with Gasteiger partial charge < -0.3 is 5.32 Å². The molecule has 3 aliphatic rings. The van der Waals surface area contributed by atoms with Crippen LogP contribution < -0.4 is 10.2 Å². The monoisotopic (exact) mass is 406 g/mol. The predicted octanol–water partition coefficient (Wildman–Crippen LogP) is 5.52. The minimum Gasteiger partial charge on any atom is -0.357 e. The lowest BCUT2D eigenvalue weighted by Crippen LogP contribution is -2.32. The average molecular weight is 406 g/mol. The number of hydrogen-bond donors (Lipinski definition) is 1. The molecule has 4 nitrogen and oxygen atoms in total. The van der Waals surface area contributed by atoms with Crippen molar-refractivity contribution in [1.82, 2.24) is 0 Å². The number of allylic oxidation sites excluding steroid dienone is 1. The van der Waals surface area contributed by atoms with Crippen LogP contribution in [0.1, 0.15) is 51.8 Å². The average Bonchev–Trinajstić information content (AvgIpc) is 2.97. The second-order valence-electron chi connectivity index (χ2n) is 8.64. The molecule has 6 rings (SSSR count). The zero-order valence-electron chi connectivity index (χ0n) is 17.3. The van der Waals surface area contributed by atoms with E-state index in [2.05, 4.69) is 36.5 Å². The minimum atomic E-state index is -0.374. The molecule has 2 aliphatic heterocycles. The van der Waals surface area contributed by atoms with Crippen molar-refractivity contribution in [2.24, 2.45) is 0 Å². The number of fused-ring (bicyclic) bond motifs is 6. The highest BCUT2D eigenvalue weighted by Crippen LogP contribution is 2.50. The molecule has 0 aromatic heterocycles. The van der Waals surface area contributed by atoms with Gasteiger partial charge in [-0.2, -0.15) is 0 Å². The summed E-state index contributed by atoms with van der Waals surface area (Å²) in [6.45, 7) is 2.07. The second-order valence-corrected chi connectivity index (χ2v) is 8.64. The van der Waals surface area contributed by atoms with Crippen molar-refractivity contribution in [2.75, 3.05) is 10.2 Å². The first kappa shape index (κ1) is 18.1. The summed E-state index contributed by atoms with van der Waals surface area (Å²) in [6.07, 6.45) is 1.21. The predicted molar refractivity (Wildman–Crippen MR) is 121 cm³/mol. The molecule has 3 aromatic rings. The molecule has 1 aliphatic carbocycles. The van der Waals surface area contributed by atoms with Gasteiger partial charge >= 0.3 is 0 Å². The van der Waals surface area contributed by atoms with E-state index in [1.165, 1.54) is 11.1 Å². The molecule has 0 radical (unpaired) electrons. The Bertz CT molecular complexity index is 1270. The molecule has 0 unspecified atom stereocenters. The first-order valence-corrected chi connectivity index (χ1v) is 10.7. The maximum Gasteiger partial charge on any atom is 0.259 e. The lowest BCUT2D eigenvalue weighted by atomic mass is 9.78. The van der Waals surface area contributed by atoms with Crippen molar-refractivity contribution >= 4 is 23.1 Å². The van der Waals surface area contributed by atoms with Gasteiger partial charge in [0.05, 0.1) is 17.4 Å². The van der Waals surface area contributed by atoms with Gasteiger partial charge in [0.1, 0.15) is 0 Å². The lowest BCUT2D eigenvalue weighted by Gasteiger charge is -2.30. The van der Waals surface area contributed by atoms with E-state index in [-0.39, 0.29) is 23.7 Å². The normalized spacial score (nSPS) is 21.6. The fourth-order valence-electron chi connectivity index (χ4n) is 5.24. The number of aryl methyl sites for hydroxylation is 1. The highest BCUT2D eigenvalue weighted by atomic mass is 16.2. The van der Waals surface area contributed by atoms with E-state index in [0.717, 1.165) is 34.6 Å². The third-order valence-electron chi connectivity index (χ3n) is 6.74. The van der Waals surface area contributed by atoms with E-state index in [4.69, 9.17) is 0 Å². The SMILES string of the molecule is Cc1ccc([C@@H]2CC(=O)C3=C(C2)Nc2ccccc2N2C(=O)c4ccccc4[C@H]32)cc1. The van der Waals surface area contributed by atoms with Crippen molar-refractivity contribution in [3.63, 3.8) is 0 Å². The van der Waals surface area contributed by atoms with Gasteiger partial charge in [0.15, 0.2) is 5.78 Å². The van der Waals surface area contributed by atoms with Gasteiger partial charge in [-0.05, 0) is 48.6 Å². The molecule has 0 spiro atoms. The smallest absolute Gasteiger partial charge is 0.259 e. The molecule has 2 heterocycles. The van der Waals surface area contributed by atoms with Gasteiger partial charge in [0.2, 0.25) is 0 Å². The number of Topliss-reactive ketones (excluding diaryl/α,β-unsaturated/α-hetero) is 1. The summed E-state index contributed by atoms with van der Waals surface area (Å²) >= 11 is 0. The molecular weight excluding hydrogens is 384 g/mol. The van der Waals surface area contributed by atoms with Gasteiger partial charge in [-0.1, -0.05) is 60.2 Å². The molecule has 3 aromatic carbocycles. The van der Waals surface area contributed by atoms with Crippen LogP contribution in [0.3, 0.4) is 0 Å². The van der Waals surface area contributed by atoms with E-state index in [0.29, 0.717) is 12.0 Å². The standard InChI is InChI=1S/C27H22N2O2/c1-16-10-12-17(13-11-16)18-14-22-25(24(30)15-18)26-19-6-2-3-7-20(19)27(31)29(26)23-9-5-4-8-21(23)28-22/h2-13,18,26,28H,14-15H2,1H3/t18-,26+/m0/s1. The fraction of sp³-hybridized carbons (Fsp3) is 0.185. The first-order valence-electron chi connectivity index (χ1n) is 10.7. The number of hydrogen-bond acceptors (Lipinski definition) is 3. The topological polar surface area (TPSA) is 49.4 Å². The van der Waals surface area contributed by atoms with Crippen LogP contribution in [0, 0.1) is 6.92 Å². The highest BCUT2D eigenvalue weighted by molar-refractivity contribution is 6.16. The van der Waals surface area contributed by atoms with Crippen LogP contribution in [0.15, 0.2) is 84.1 Å². The van der Waals surface area contributed by atoms with Crippen LogP contribution in [0.4, 0.5) is 11.4 Å². The van der Waals surface area contributed by atoms with Crippen LogP contribution >= 0.6 is 0 Å². The van der Waals surface area contributed by atoms with Crippen LogP contribution in [0.25, 0.3) is 0 Å². The fourth-order valence-corrected chi connectivity index (χ4v) is 5.24. The number of rotatable bonds is 1. The highest BCUT2D eigenvalue weighted by Gasteiger charge is 2.46. The van der Waals surface area contributed by atoms with Crippen LogP contribution in [-0.2, 0) is 4.79 Å². The molecule has 0 saturated carbocycles. The summed E-state index contributed by atoms with van der Waals surface area (Å²) in [4.78, 5) is 28.8. The lowest BCUT2D eigenvalue weighted by molar-refractivity contribution is -0.116. The number of para-hydroxylation sites is 2. The van der Waals surface area contributed by atoms with E-state index in [1.807, 2.05) is 48.5 Å². The van der Waals surface area contributed by atoms with Crippen LogP contribution in [0.5, 0.6) is 0 Å². The Kier molecular flexibility index (Phi) is 3.90. The Morgan fingerprint density at radius 3 is 2.45 bits per heavy atom. The van der Waals surface area contributed by atoms with Crippen LogP contribution in [0.2, 0.25) is 0 Å². The van der Waals surface area contributed by atoms with Gasteiger partial charge in [0, 0.05) is 23.3 Å². The third-order valence-corrected chi connectivity index (χ3v) is 6.74. The van der Waals surface area contributed by atoms with Gasteiger partial charge in [0.25, 0.3) is 5.91 Å². The molecule has 0 saturated heterocycles. The first-order chi connectivity index (χ1) is 15.1. The summed E-state index contributed by atoms with van der Waals surface area (Å²) in [5.74, 6) is 0.203. The van der Waals surface area contributed by atoms with Crippen molar-refractivity contribution in [1.29, 1.82) is 0 Å². The molecule has 2 atom stereocenters. The Balaban J connectivity index is 1.53. The number of amides is 1. The molecule has 0 bridgehead atoms. The Morgan fingerprint density at radius 2 is 1.61 bits per heavy atom. The van der Waals surface area contributed by atoms with Crippen molar-refractivity contribution in [2.45, 2.75) is 31.7 Å². The van der Waals surface area contributed by atoms with Crippen molar-refractivity contribution < 1.29 is 9.59 Å². The van der Waals surface area contributed by atoms with Crippen molar-refractivity contribution in [3.8, 4) is 0 Å². The maximum absolute atomic E-state index is 13.6. The zero-order chi connectivity index (χ0) is 21.1. The number of ketones is 1. The number of carbonyl (C=O) groups excluding carboxylic acids is 2. The number of anilines is 2. The van der Waals surface area contributed by atoms with E-state index in [1.54, 1.807) is 4.90 Å². The maximum atomic E-state index is 13.6. The zero-order valence-corrected chi connectivity index (χ0v) is 17.3. The van der Waals surface area contributed by atoms with Crippen LogP contribution in [-0.4, -0.2) is 11.7 Å². The van der Waals surface area contributed by atoms with Crippen molar-refractivity contribution in [3.05, 3.63) is 106 Å². The molecule has 0 fully saturated rings. The molecule has 152 valence electrons. The van der Waals surface area contributed by atoms with Gasteiger partial charge in [-0.3, -0.25) is 14.5 Å². The quantitative estimate of drug-likeness (QED) is 0.579. The van der Waals surface area contributed by atoms with E-state index in [9.17, 15) is 9.59 Å². The minimum absolute atomic E-state index is 0.0444. The molecular formula is C27H22N2O2. The Labute approximate surface area is 181 Å². The number of benzene rings is 3. The molecule has 31 heavy (non-hydrogen) atoms. The summed E-state index contributed by atoms with van der Waals surface area (Å²) in [7, 11) is 0. The van der Waals surface area contributed by atoms with Gasteiger partial charge in [-0.15, -0.1) is 0 Å². The summed E-state index contributed by atoms with van der Waals surface area (Å²) in [5, 5.41) is 3.55. The Hall–Kier alpha value is -3.66. The number of carbonyl (C=O) groups is 2.